The molecule has 2 aliphatic heterocycles. The largest absolute Gasteiger partial charge is 0.348 e. The standard InChI is InChI=1S/C23H29N3O3S/c27-23(21-9-5-20(6-10-21)18-25-13-1-2-14-25)24-17-19-7-11-22(12-8-19)30(28,29)26-15-3-4-16-26/h5-12H,1-4,13-18H2,(H,24,27). The van der Waals surface area contributed by atoms with E-state index in [4.69, 9.17) is 0 Å². The second-order valence-electron chi connectivity index (χ2n) is 8.12. The summed E-state index contributed by atoms with van der Waals surface area (Å²) in [6, 6.07) is 14.6. The van der Waals surface area contributed by atoms with Gasteiger partial charge in [0, 0.05) is 31.7 Å². The van der Waals surface area contributed by atoms with E-state index >= 15 is 0 Å². The van der Waals surface area contributed by atoms with E-state index in [2.05, 4.69) is 10.2 Å². The molecule has 0 unspecified atom stereocenters. The van der Waals surface area contributed by atoms with Gasteiger partial charge in [0.25, 0.3) is 5.91 Å². The average Bonchev–Trinajstić information content (AvgIpc) is 3.47. The van der Waals surface area contributed by atoms with Gasteiger partial charge in [-0.15, -0.1) is 0 Å². The Labute approximate surface area is 178 Å². The molecular weight excluding hydrogens is 398 g/mol. The predicted octanol–water partition coefficient (Wildman–Crippen LogP) is 3.00. The van der Waals surface area contributed by atoms with E-state index in [-0.39, 0.29) is 5.91 Å². The summed E-state index contributed by atoms with van der Waals surface area (Å²) in [6.07, 6.45) is 4.38. The highest BCUT2D eigenvalue weighted by Gasteiger charge is 2.26. The van der Waals surface area contributed by atoms with Crippen LogP contribution in [0.3, 0.4) is 0 Å². The van der Waals surface area contributed by atoms with Crippen LogP contribution in [0.4, 0.5) is 0 Å². The van der Waals surface area contributed by atoms with E-state index < -0.39 is 10.0 Å². The lowest BCUT2D eigenvalue weighted by Gasteiger charge is -2.15. The van der Waals surface area contributed by atoms with Gasteiger partial charge in [0.05, 0.1) is 4.90 Å². The van der Waals surface area contributed by atoms with Crippen LogP contribution in [-0.2, 0) is 23.1 Å². The Morgan fingerprint density at radius 3 is 2.00 bits per heavy atom. The van der Waals surface area contributed by atoms with E-state index in [1.54, 1.807) is 24.3 Å². The first kappa shape index (κ1) is 21.0. The van der Waals surface area contributed by atoms with Crippen LogP contribution in [0.2, 0.25) is 0 Å². The van der Waals surface area contributed by atoms with Gasteiger partial charge in [0.15, 0.2) is 0 Å². The molecular formula is C23H29N3O3S. The molecule has 0 bridgehead atoms. The molecule has 1 N–H and O–H groups in total. The Kier molecular flexibility index (Phi) is 6.51. The molecule has 0 aromatic heterocycles. The van der Waals surface area contributed by atoms with Gasteiger partial charge in [0.2, 0.25) is 10.0 Å². The molecule has 0 radical (unpaired) electrons. The molecule has 0 atom stereocenters. The highest BCUT2D eigenvalue weighted by atomic mass is 32.2. The van der Waals surface area contributed by atoms with Crippen molar-refractivity contribution in [1.82, 2.24) is 14.5 Å². The summed E-state index contributed by atoms with van der Waals surface area (Å²) in [4.78, 5) is 15.2. The number of rotatable bonds is 7. The topological polar surface area (TPSA) is 69.7 Å². The zero-order valence-corrected chi connectivity index (χ0v) is 18.0. The van der Waals surface area contributed by atoms with Gasteiger partial charge >= 0.3 is 0 Å². The van der Waals surface area contributed by atoms with Crippen molar-refractivity contribution in [1.29, 1.82) is 0 Å². The quantitative estimate of drug-likeness (QED) is 0.738. The summed E-state index contributed by atoms with van der Waals surface area (Å²) in [5, 5.41) is 2.91. The van der Waals surface area contributed by atoms with E-state index in [0.29, 0.717) is 30.1 Å². The molecule has 2 saturated heterocycles. The maximum atomic E-state index is 12.6. The van der Waals surface area contributed by atoms with Gasteiger partial charge in [-0.1, -0.05) is 24.3 Å². The number of nitrogens with zero attached hydrogens (tertiary/aromatic N) is 2. The van der Waals surface area contributed by atoms with Crippen molar-refractivity contribution in [2.45, 2.75) is 43.7 Å². The Bertz CT molecular complexity index is 960. The molecule has 0 aliphatic carbocycles. The van der Waals surface area contributed by atoms with Crippen molar-refractivity contribution in [3.05, 3.63) is 65.2 Å². The molecule has 0 saturated carbocycles. The number of nitrogens with one attached hydrogen (secondary N) is 1. The lowest BCUT2D eigenvalue weighted by atomic mass is 10.1. The third-order valence-corrected chi connectivity index (χ3v) is 7.81. The van der Waals surface area contributed by atoms with Crippen molar-refractivity contribution in [3.63, 3.8) is 0 Å². The van der Waals surface area contributed by atoms with Gasteiger partial charge in [-0.25, -0.2) is 8.42 Å². The minimum absolute atomic E-state index is 0.128. The van der Waals surface area contributed by atoms with Crippen molar-refractivity contribution >= 4 is 15.9 Å². The molecule has 1 amide bonds. The van der Waals surface area contributed by atoms with Crippen LogP contribution in [-0.4, -0.2) is 49.7 Å². The molecule has 4 rings (SSSR count). The predicted molar refractivity (Wildman–Crippen MR) is 117 cm³/mol. The number of hydrogen-bond acceptors (Lipinski definition) is 4. The summed E-state index contributed by atoms with van der Waals surface area (Å²) in [5.41, 5.74) is 2.73. The molecule has 2 aromatic rings. The van der Waals surface area contributed by atoms with E-state index in [9.17, 15) is 13.2 Å². The Morgan fingerprint density at radius 2 is 1.37 bits per heavy atom. The molecule has 7 heteroatoms. The minimum atomic E-state index is -3.40. The number of sulfonamides is 1. The number of amides is 1. The van der Waals surface area contributed by atoms with Crippen LogP contribution >= 0.6 is 0 Å². The SMILES string of the molecule is O=C(NCc1ccc(S(=O)(=O)N2CCCC2)cc1)c1ccc(CN2CCCC2)cc1. The summed E-state index contributed by atoms with van der Waals surface area (Å²) < 4.78 is 26.7. The molecule has 30 heavy (non-hydrogen) atoms. The third-order valence-electron chi connectivity index (χ3n) is 5.90. The molecule has 2 aromatic carbocycles. The first-order valence-electron chi connectivity index (χ1n) is 10.7. The van der Waals surface area contributed by atoms with Gasteiger partial charge < -0.3 is 5.32 Å². The summed E-state index contributed by atoms with van der Waals surface area (Å²) in [6.45, 7) is 4.79. The van der Waals surface area contributed by atoms with Crippen LogP contribution in [0, 0.1) is 0 Å². The average molecular weight is 428 g/mol. The molecule has 6 nitrogen and oxygen atoms in total. The second-order valence-corrected chi connectivity index (χ2v) is 10.1. The number of likely N-dealkylation sites (tertiary alicyclic amines) is 1. The fourth-order valence-corrected chi connectivity index (χ4v) is 5.62. The third kappa shape index (κ3) is 4.91. The van der Waals surface area contributed by atoms with Crippen LogP contribution in [0.15, 0.2) is 53.4 Å². The molecule has 160 valence electrons. The summed E-state index contributed by atoms with van der Waals surface area (Å²) in [5.74, 6) is -0.128. The maximum Gasteiger partial charge on any atom is 0.251 e. The Morgan fingerprint density at radius 1 is 0.800 bits per heavy atom. The first-order valence-corrected chi connectivity index (χ1v) is 12.1. The van der Waals surface area contributed by atoms with Crippen molar-refractivity contribution in [2.75, 3.05) is 26.2 Å². The van der Waals surface area contributed by atoms with E-state index in [1.165, 1.54) is 22.7 Å². The number of benzene rings is 2. The van der Waals surface area contributed by atoms with Gasteiger partial charge in [-0.2, -0.15) is 4.31 Å². The zero-order chi connectivity index (χ0) is 21.0. The smallest absolute Gasteiger partial charge is 0.251 e. The van der Waals surface area contributed by atoms with Gasteiger partial charge in [-0.3, -0.25) is 9.69 Å². The highest BCUT2D eigenvalue weighted by Crippen LogP contribution is 2.21. The second kappa shape index (κ2) is 9.29. The normalized spacial score (nSPS) is 18.0. The fourth-order valence-electron chi connectivity index (χ4n) is 4.10. The Hall–Kier alpha value is -2.22. The zero-order valence-electron chi connectivity index (χ0n) is 17.2. The molecule has 2 heterocycles. The Balaban J connectivity index is 1.31. The molecule has 2 fully saturated rings. The van der Waals surface area contributed by atoms with Gasteiger partial charge in [-0.05, 0) is 74.2 Å². The minimum Gasteiger partial charge on any atom is -0.348 e. The monoisotopic (exact) mass is 427 g/mol. The van der Waals surface area contributed by atoms with E-state index in [0.717, 1.165) is 38.0 Å². The molecule has 2 aliphatic rings. The van der Waals surface area contributed by atoms with Crippen molar-refractivity contribution < 1.29 is 13.2 Å². The van der Waals surface area contributed by atoms with Crippen LogP contribution in [0.1, 0.15) is 47.2 Å². The fraction of sp³-hybridized carbons (Fsp3) is 0.435. The number of hydrogen-bond donors (Lipinski definition) is 1. The van der Waals surface area contributed by atoms with Gasteiger partial charge in [0.1, 0.15) is 0 Å². The molecule has 0 spiro atoms. The number of carbonyl (C=O) groups is 1. The maximum absolute atomic E-state index is 12.6. The van der Waals surface area contributed by atoms with Crippen LogP contribution in [0.5, 0.6) is 0 Å². The summed E-state index contributed by atoms with van der Waals surface area (Å²) >= 11 is 0. The number of carbonyl (C=O) groups excluding carboxylic acids is 1. The van der Waals surface area contributed by atoms with Crippen molar-refractivity contribution in [3.8, 4) is 0 Å². The lowest BCUT2D eigenvalue weighted by molar-refractivity contribution is 0.0951. The van der Waals surface area contributed by atoms with E-state index in [1.807, 2.05) is 24.3 Å². The van der Waals surface area contributed by atoms with Crippen LogP contribution < -0.4 is 5.32 Å². The summed E-state index contributed by atoms with van der Waals surface area (Å²) in [7, 11) is -3.40. The highest BCUT2D eigenvalue weighted by molar-refractivity contribution is 7.89. The first-order chi connectivity index (χ1) is 14.5. The lowest BCUT2D eigenvalue weighted by Crippen LogP contribution is -2.28. The van der Waals surface area contributed by atoms with Crippen molar-refractivity contribution in [2.24, 2.45) is 0 Å². The van der Waals surface area contributed by atoms with Crippen LogP contribution in [0.25, 0.3) is 0 Å².